The Morgan fingerprint density at radius 2 is 2.29 bits per heavy atom. The maximum Gasteiger partial charge on any atom is 0.129 e. The highest BCUT2D eigenvalue weighted by Crippen LogP contribution is 2.38. The smallest absolute Gasteiger partial charge is 0.129 e. The van der Waals surface area contributed by atoms with Gasteiger partial charge in [-0.05, 0) is 18.6 Å². The van der Waals surface area contributed by atoms with Gasteiger partial charge in [0.15, 0.2) is 0 Å². The van der Waals surface area contributed by atoms with E-state index in [1.54, 1.807) is 7.11 Å². The second kappa shape index (κ2) is 5.41. The summed E-state index contributed by atoms with van der Waals surface area (Å²) in [5, 5.41) is 10.1. The molecule has 1 heterocycles. The summed E-state index contributed by atoms with van der Waals surface area (Å²) in [6.45, 7) is 2.16. The Morgan fingerprint density at radius 1 is 1.47 bits per heavy atom. The molecule has 0 bridgehead atoms. The van der Waals surface area contributed by atoms with Crippen molar-refractivity contribution >= 4 is 0 Å². The van der Waals surface area contributed by atoms with Crippen molar-refractivity contribution in [1.82, 2.24) is 0 Å². The van der Waals surface area contributed by atoms with E-state index in [9.17, 15) is 5.11 Å². The van der Waals surface area contributed by atoms with Crippen LogP contribution in [0.15, 0.2) is 18.2 Å². The minimum Gasteiger partial charge on any atom is -0.497 e. The molecule has 0 spiro atoms. The first-order valence-corrected chi connectivity index (χ1v) is 6.27. The molecule has 0 aromatic heterocycles. The van der Waals surface area contributed by atoms with E-state index in [2.05, 4.69) is 6.92 Å². The van der Waals surface area contributed by atoms with Gasteiger partial charge < -0.3 is 14.6 Å². The molecule has 94 valence electrons. The third kappa shape index (κ3) is 2.72. The molecule has 0 fully saturated rings. The molecular formula is C14H20O3. The summed E-state index contributed by atoms with van der Waals surface area (Å²) in [4.78, 5) is 0. The number of hydrogen-bond acceptors (Lipinski definition) is 3. The summed E-state index contributed by atoms with van der Waals surface area (Å²) < 4.78 is 11.1. The van der Waals surface area contributed by atoms with E-state index in [1.165, 1.54) is 0 Å². The number of unbranched alkanes of at least 4 members (excludes halogenated alkanes) is 1. The van der Waals surface area contributed by atoms with E-state index in [-0.39, 0.29) is 6.10 Å². The summed E-state index contributed by atoms with van der Waals surface area (Å²) in [5.41, 5.74) is 0.874. The van der Waals surface area contributed by atoms with Crippen LogP contribution < -0.4 is 9.47 Å². The Hall–Kier alpha value is -1.22. The molecule has 2 atom stereocenters. The van der Waals surface area contributed by atoms with E-state index in [0.29, 0.717) is 6.42 Å². The number of hydrogen-bond donors (Lipinski definition) is 1. The second-order valence-corrected chi connectivity index (χ2v) is 4.54. The molecule has 17 heavy (non-hydrogen) atoms. The third-order valence-corrected chi connectivity index (χ3v) is 3.24. The molecule has 1 N–H and O–H groups in total. The van der Waals surface area contributed by atoms with Crippen LogP contribution in [0.1, 0.15) is 44.3 Å². The lowest BCUT2D eigenvalue weighted by Gasteiger charge is -2.29. The molecule has 1 unspecified atom stereocenters. The molecular weight excluding hydrogens is 216 g/mol. The zero-order valence-corrected chi connectivity index (χ0v) is 10.5. The molecule has 3 heteroatoms. The Morgan fingerprint density at radius 3 is 3.00 bits per heavy atom. The summed E-state index contributed by atoms with van der Waals surface area (Å²) in [6, 6.07) is 5.60. The Kier molecular flexibility index (Phi) is 3.89. The molecule has 2 rings (SSSR count). The number of methoxy groups -OCH3 is 1. The van der Waals surface area contributed by atoms with Gasteiger partial charge in [0.2, 0.25) is 0 Å². The first-order valence-electron chi connectivity index (χ1n) is 6.27. The lowest BCUT2D eigenvalue weighted by Crippen LogP contribution is -2.25. The topological polar surface area (TPSA) is 38.7 Å². The minimum absolute atomic E-state index is 0.129. The van der Waals surface area contributed by atoms with Crippen LogP contribution in [-0.4, -0.2) is 18.3 Å². The van der Waals surface area contributed by atoms with Crippen molar-refractivity contribution in [3.05, 3.63) is 23.8 Å². The first kappa shape index (κ1) is 12.2. The molecule has 1 aliphatic rings. The summed E-state index contributed by atoms with van der Waals surface area (Å²) in [6.07, 6.45) is 3.71. The highest BCUT2D eigenvalue weighted by Gasteiger charge is 2.26. The van der Waals surface area contributed by atoms with Crippen LogP contribution in [0.5, 0.6) is 11.5 Å². The predicted octanol–water partition coefficient (Wildman–Crippen LogP) is 3.07. The number of aliphatic hydroxyl groups excluding tert-OH is 1. The Balaban J connectivity index is 2.15. The van der Waals surface area contributed by atoms with Gasteiger partial charge in [-0.25, -0.2) is 0 Å². The molecule has 0 saturated carbocycles. The molecule has 0 aliphatic carbocycles. The van der Waals surface area contributed by atoms with Crippen LogP contribution >= 0.6 is 0 Å². The van der Waals surface area contributed by atoms with Gasteiger partial charge >= 0.3 is 0 Å². The van der Waals surface area contributed by atoms with Crippen LogP contribution in [0, 0.1) is 0 Å². The number of aliphatic hydroxyl groups is 1. The average Bonchev–Trinajstić information content (AvgIpc) is 2.35. The van der Waals surface area contributed by atoms with Gasteiger partial charge in [0.05, 0.1) is 13.2 Å². The first-order chi connectivity index (χ1) is 8.24. The molecule has 1 aromatic carbocycles. The van der Waals surface area contributed by atoms with Crippen molar-refractivity contribution < 1.29 is 14.6 Å². The number of benzene rings is 1. The van der Waals surface area contributed by atoms with Gasteiger partial charge in [-0.15, -0.1) is 0 Å². The largest absolute Gasteiger partial charge is 0.497 e. The SMILES string of the molecule is CCCCC1C[C@H](O)c2ccc(OC)cc2O1. The van der Waals surface area contributed by atoms with Gasteiger partial charge in [-0.2, -0.15) is 0 Å². The standard InChI is InChI=1S/C14H20O3/c1-3-4-5-11-8-13(15)12-7-6-10(16-2)9-14(12)17-11/h6-7,9,11,13,15H,3-5,8H2,1-2H3/t11?,13-/m0/s1. The van der Waals surface area contributed by atoms with Crippen molar-refractivity contribution in [3.8, 4) is 11.5 Å². The van der Waals surface area contributed by atoms with Crippen LogP contribution in [-0.2, 0) is 0 Å². The fraction of sp³-hybridized carbons (Fsp3) is 0.571. The van der Waals surface area contributed by atoms with E-state index in [4.69, 9.17) is 9.47 Å². The Labute approximate surface area is 102 Å². The van der Waals surface area contributed by atoms with E-state index >= 15 is 0 Å². The highest BCUT2D eigenvalue weighted by molar-refractivity contribution is 5.43. The van der Waals surface area contributed by atoms with E-state index < -0.39 is 6.10 Å². The number of fused-ring (bicyclic) bond motifs is 1. The molecule has 0 amide bonds. The minimum atomic E-state index is -0.411. The van der Waals surface area contributed by atoms with Crippen LogP contribution in [0.2, 0.25) is 0 Å². The average molecular weight is 236 g/mol. The van der Waals surface area contributed by atoms with Crippen molar-refractivity contribution in [3.63, 3.8) is 0 Å². The maximum absolute atomic E-state index is 10.1. The Bertz CT molecular complexity index is 376. The fourth-order valence-corrected chi connectivity index (χ4v) is 2.23. The number of rotatable bonds is 4. The fourth-order valence-electron chi connectivity index (χ4n) is 2.23. The van der Waals surface area contributed by atoms with Gasteiger partial charge in [-0.1, -0.05) is 19.8 Å². The lowest BCUT2D eigenvalue weighted by molar-refractivity contribution is 0.0605. The quantitative estimate of drug-likeness (QED) is 0.873. The van der Waals surface area contributed by atoms with Gasteiger partial charge in [0.1, 0.15) is 17.6 Å². The summed E-state index contributed by atoms with van der Waals surface area (Å²) in [7, 11) is 1.63. The molecule has 0 saturated heterocycles. The summed E-state index contributed by atoms with van der Waals surface area (Å²) in [5.74, 6) is 1.54. The van der Waals surface area contributed by atoms with Gasteiger partial charge in [0, 0.05) is 18.1 Å². The van der Waals surface area contributed by atoms with Crippen LogP contribution in [0.25, 0.3) is 0 Å². The third-order valence-electron chi connectivity index (χ3n) is 3.24. The molecule has 1 aliphatic heterocycles. The molecule has 1 aromatic rings. The van der Waals surface area contributed by atoms with Crippen molar-refractivity contribution in [2.24, 2.45) is 0 Å². The molecule has 0 radical (unpaired) electrons. The van der Waals surface area contributed by atoms with Crippen molar-refractivity contribution in [2.45, 2.75) is 44.8 Å². The predicted molar refractivity (Wildman–Crippen MR) is 66.5 cm³/mol. The number of ether oxygens (including phenoxy) is 2. The zero-order valence-electron chi connectivity index (χ0n) is 10.5. The summed E-state index contributed by atoms with van der Waals surface area (Å²) >= 11 is 0. The zero-order chi connectivity index (χ0) is 12.3. The van der Waals surface area contributed by atoms with Crippen molar-refractivity contribution in [1.29, 1.82) is 0 Å². The normalized spacial score (nSPS) is 22.8. The molecule has 3 nitrogen and oxygen atoms in total. The maximum atomic E-state index is 10.1. The van der Waals surface area contributed by atoms with E-state index in [1.807, 2.05) is 18.2 Å². The van der Waals surface area contributed by atoms with Gasteiger partial charge in [0.25, 0.3) is 0 Å². The second-order valence-electron chi connectivity index (χ2n) is 4.54. The van der Waals surface area contributed by atoms with Crippen LogP contribution in [0.4, 0.5) is 0 Å². The van der Waals surface area contributed by atoms with Crippen LogP contribution in [0.3, 0.4) is 0 Å². The lowest BCUT2D eigenvalue weighted by atomic mass is 9.96. The van der Waals surface area contributed by atoms with E-state index in [0.717, 1.165) is 36.3 Å². The van der Waals surface area contributed by atoms with Crippen molar-refractivity contribution in [2.75, 3.05) is 7.11 Å². The highest BCUT2D eigenvalue weighted by atomic mass is 16.5. The monoisotopic (exact) mass is 236 g/mol. The van der Waals surface area contributed by atoms with Gasteiger partial charge in [-0.3, -0.25) is 0 Å².